The molecule has 11 heterocycles. The summed E-state index contributed by atoms with van der Waals surface area (Å²) in [6.45, 7) is 4.86. The Balaban J connectivity index is 0.000000136. The van der Waals surface area contributed by atoms with Crippen molar-refractivity contribution in [1.82, 2.24) is 60.2 Å². The quantitative estimate of drug-likeness (QED) is 0.0848. The average molecular weight is 1270 g/mol. The van der Waals surface area contributed by atoms with Gasteiger partial charge in [-0.05, 0) is 74.4 Å². The summed E-state index contributed by atoms with van der Waals surface area (Å²) < 4.78 is 53.7. The van der Waals surface area contributed by atoms with Crippen molar-refractivity contribution >= 4 is 41.1 Å². The van der Waals surface area contributed by atoms with E-state index in [1.165, 1.54) is 77.0 Å². The van der Waals surface area contributed by atoms with Crippen molar-refractivity contribution in [1.29, 1.82) is 15.8 Å². The van der Waals surface area contributed by atoms with E-state index < -0.39 is 29.2 Å². The van der Waals surface area contributed by atoms with E-state index in [-0.39, 0.29) is 112 Å². The second-order valence-electron chi connectivity index (χ2n) is 22.6. The molecule has 14 rings (SSSR count). The number of ether oxygens (including phenoxy) is 1. The van der Waals surface area contributed by atoms with E-state index in [0.29, 0.717) is 101 Å². The first-order valence-corrected chi connectivity index (χ1v) is 29.3. The highest BCUT2D eigenvalue weighted by Gasteiger charge is 2.40. The fraction of sp³-hybridized carbons (Fsp3) is 0.246. The molecule has 0 saturated carbocycles. The molecule has 4 atom stereocenters. The largest absolute Gasteiger partial charge is 0.394 e. The highest BCUT2D eigenvalue weighted by molar-refractivity contribution is 6.03. The summed E-state index contributed by atoms with van der Waals surface area (Å²) in [5.74, 6) is -1.49. The van der Waals surface area contributed by atoms with Gasteiger partial charge in [0.1, 0.15) is 23.1 Å². The first-order chi connectivity index (χ1) is 45.3. The number of hydrogen-bond donors (Lipinski definition) is 7. The number of carbonyl (C=O) groups excluding carboxylic acids is 4. The van der Waals surface area contributed by atoms with Crippen LogP contribution < -0.4 is 31.1 Å². The second-order valence-corrected chi connectivity index (χ2v) is 22.6. The minimum atomic E-state index is -1.04. The molecule has 5 aliphatic rings. The monoisotopic (exact) mass is 1270 g/mol. The van der Waals surface area contributed by atoms with E-state index in [0.717, 1.165) is 0 Å². The van der Waals surface area contributed by atoms with Crippen LogP contribution in [-0.2, 0) is 29.2 Å². The molecule has 2 saturated heterocycles. The lowest BCUT2D eigenvalue weighted by Crippen LogP contribution is -2.56. The predicted octanol–water partition coefficient (Wildman–Crippen LogP) is 5.43. The van der Waals surface area contributed by atoms with Crippen LogP contribution in [0.5, 0.6) is 0 Å². The molecule has 94 heavy (non-hydrogen) atoms. The first-order valence-electron chi connectivity index (χ1n) is 29.3. The number of aliphatic hydroxyl groups is 3. The molecule has 6 aromatic heterocycles. The van der Waals surface area contributed by atoms with Crippen LogP contribution in [0.25, 0.3) is 50.8 Å². The molecule has 2 fully saturated rings. The van der Waals surface area contributed by atoms with Crippen LogP contribution in [0.3, 0.4) is 0 Å². The van der Waals surface area contributed by atoms with Gasteiger partial charge in [-0.1, -0.05) is 18.2 Å². The molecular weight excluding hydrogens is 1220 g/mol. The highest BCUT2D eigenvalue weighted by atomic mass is 19.1. The van der Waals surface area contributed by atoms with Crippen LogP contribution in [0.4, 0.5) is 30.6 Å². The lowest BCUT2D eigenvalue weighted by molar-refractivity contribution is -0.114. The van der Waals surface area contributed by atoms with Gasteiger partial charge < -0.3 is 51.1 Å². The van der Waals surface area contributed by atoms with Crippen molar-refractivity contribution < 1.29 is 52.4 Å². The summed E-state index contributed by atoms with van der Waals surface area (Å²) in [5, 5.41) is 82.8. The number of anilines is 3. The number of benzene rings is 3. The number of aromatic nitrogens is 9. The topological polar surface area (TPSA) is 356 Å². The second kappa shape index (κ2) is 25.5. The molecule has 0 aliphatic carbocycles. The van der Waals surface area contributed by atoms with E-state index in [4.69, 9.17) is 4.74 Å². The van der Waals surface area contributed by atoms with Gasteiger partial charge in [0.2, 0.25) is 5.91 Å². The van der Waals surface area contributed by atoms with Crippen molar-refractivity contribution in [2.24, 2.45) is 0 Å². The predicted molar refractivity (Wildman–Crippen MR) is 329 cm³/mol. The maximum atomic E-state index is 14.7. The molecular formula is C65H55F3N18O8. The van der Waals surface area contributed by atoms with E-state index in [1.807, 2.05) is 28.0 Å². The number of β-amino-alcohol motifs (C(OH)–C–C–N with tert-alkyl or cyclic N) is 2. The summed E-state index contributed by atoms with van der Waals surface area (Å²) >= 11 is 0. The maximum absolute atomic E-state index is 14.7. The van der Waals surface area contributed by atoms with Gasteiger partial charge in [-0.2, -0.15) is 31.1 Å². The molecule has 4 amide bonds. The number of pyridine rings is 3. The lowest BCUT2D eigenvalue weighted by atomic mass is 9.91. The van der Waals surface area contributed by atoms with Crippen LogP contribution in [0.2, 0.25) is 0 Å². The number of piperidine rings is 1. The summed E-state index contributed by atoms with van der Waals surface area (Å²) in [7, 11) is 1.59. The van der Waals surface area contributed by atoms with Gasteiger partial charge in [-0.25, -0.2) is 42.2 Å². The van der Waals surface area contributed by atoms with Gasteiger partial charge in [0.15, 0.2) is 17.5 Å². The Morgan fingerprint density at radius 1 is 0.660 bits per heavy atom. The molecule has 3 aromatic carbocycles. The van der Waals surface area contributed by atoms with Crippen molar-refractivity contribution in [2.75, 3.05) is 48.5 Å². The van der Waals surface area contributed by atoms with Crippen molar-refractivity contribution in [3.05, 3.63) is 178 Å². The third kappa shape index (κ3) is 11.9. The van der Waals surface area contributed by atoms with Crippen LogP contribution in [0.1, 0.15) is 91.5 Å². The van der Waals surface area contributed by atoms with Gasteiger partial charge in [-0.3, -0.25) is 19.2 Å². The number of nitrogens with one attached hydrogen (secondary N) is 4. The van der Waals surface area contributed by atoms with E-state index in [2.05, 4.69) is 51.5 Å². The normalized spacial score (nSPS) is 18.2. The van der Waals surface area contributed by atoms with Gasteiger partial charge in [0.25, 0.3) is 17.7 Å². The smallest absolute Gasteiger partial charge is 0.255 e. The maximum Gasteiger partial charge on any atom is 0.255 e. The fourth-order valence-corrected chi connectivity index (χ4v) is 12.2. The third-order valence-electron chi connectivity index (χ3n) is 16.5. The number of amides is 4. The number of fused-ring (bicyclic) bond motifs is 3. The molecule has 7 N–H and O–H groups in total. The Bertz CT molecular complexity index is 4700. The molecule has 9 aromatic rings. The number of hydrogen-bond acceptors (Lipinski definition) is 19. The zero-order chi connectivity index (χ0) is 66.3. The SMILES string of the molecule is CC(=O)Nc1ccn(-c2cc(-c3c(F)cccc3C#N)nc3c2C(=O)NC3)n1.CO[C@@H]1CCN(c2ccn(-c3cc(-c4c(F)cccc4C#N)nc4c3C(=O)NC4)n2)C[C@]1(C)O.N#Cc1cccc(F)c1-c1cc(-n2ccc(N3C[C@H](O)C[C@H]3CO)n2)c2c(n1)CNC2=O. The number of rotatable bonds is 11. The number of nitriles is 3. The molecule has 26 nitrogen and oxygen atoms in total. The summed E-state index contributed by atoms with van der Waals surface area (Å²) in [6, 6.07) is 28.1. The molecule has 474 valence electrons. The lowest BCUT2D eigenvalue weighted by Gasteiger charge is -2.42. The number of aliphatic hydroxyl groups excluding tert-OH is 2. The van der Waals surface area contributed by atoms with Crippen LogP contribution in [0.15, 0.2) is 110 Å². The molecule has 0 bridgehead atoms. The highest BCUT2D eigenvalue weighted by Crippen LogP contribution is 2.37. The van der Waals surface area contributed by atoms with E-state index in [1.54, 1.807) is 67.6 Å². The van der Waals surface area contributed by atoms with Gasteiger partial charge in [-0.15, -0.1) is 0 Å². The van der Waals surface area contributed by atoms with Crippen molar-refractivity contribution in [3.63, 3.8) is 0 Å². The number of carbonyl (C=O) groups is 4. The van der Waals surface area contributed by atoms with Gasteiger partial charge in [0.05, 0.1) is 171 Å². The fourth-order valence-electron chi connectivity index (χ4n) is 12.2. The molecule has 5 aliphatic heterocycles. The summed E-state index contributed by atoms with van der Waals surface area (Å²) in [5.41, 5.74) is 3.84. The summed E-state index contributed by atoms with van der Waals surface area (Å²) in [4.78, 5) is 65.7. The van der Waals surface area contributed by atoms with Gasteiger partial charge >= 0.3 is 0 Å². The Kier molecular flexibility index (Phi) is 17.0. The molecule has 0 spiro atoms. The van der Waals surface area contributed by atoms with Gasteiger partial charge in [0, 0.05) is 63.9 Å². The number of nitrogens with zero attached hydrogens (tertiary/aromatic N) is 14. The minimum absolute atomic E-state index is 0.0580. The number of methoxy groups -OCH3 is 1. The minimum Gasteiger partial charge on any atom is -0.394 e. The Labute approximate surface area is 532 Å². The Morgan fingerprint density at radius 3 is 1.50 bits per heavy atom. The molecule has 0 radical (unpaired) electrons. The van der Waals surface area contributed by atoms with Crippen LogP contribution >= 0.6 is 0 Å². The standard InChI is InChI=1S/C24H23FN6O3.C22H19FN6O3.C19H13FN6O2/c1-24(33)13-30(8-6-19(24)34-2)20-7-9-31(29-20)18-10-16(28-17-12-27-23(32)22(17)18)21-14(11-26)4-3-5-15(21)25;23-15-3-1-2-12(8-24)20(15)16-7-18(21-17(26-16)9-25-22(21)32)29-5-4-19(27-29)28-10-14(31)6-13(28)11-30;1-10(27)23-16-5-6-26(25-16)15-7-13(24-14-9-22-19(28)18(14)15)17-11(8-21)3-2-4-12(17)20/h3-5,7,9-10,19,33H,6,8,12-13H2,1-2H3,(H,27,32);1-5,7,13-14,30-31H,6,9-11H2,(H,25,32);2-7H,9H2,1H3,(H,22,28)(H,23,25,27)/t19-,24+;13-,14+;/m10./s1. The average Bonchev–Trinajstić information content (AvgIpc) is 1.50. The third-order valence-corrected chi connectivity index (χ3v) is 16.5. The zero-order valence-corrected chi connectivity index (χ0v) is 50.3. The summed E-state index contributed by atoms with van der Waals surface area (Å²) in [6.07, 6.45) is 5.18. The first kappa shape index (κ1) is 62.5. The van der Waals surface area contributed by atoms with Crippen LogP contribution in [0, 0.1) is 51.4 Å². The zero-order valence-electron chi connectivity index (χ0n) is 50.3. The van der Waals surface area contributed by atoms with Crippen molar-refractivity contribution in [3.8, 4) is 69.0 Å². The Hall–Kier alpha value is -11.7. The van der Waals surface area contributed by atoms with Crippen molar-refractivity contribution in [2.45, 2.75) is 70.2 Å². The van der Waals surface area contributed by atoms with Crippen LogP contribution in [-0.4, -0.2) is 140 Å². The Morgan fingerprint density at radius 2 is 1.09 bits per heavy atom. The van der Waals surface area contributed by atoms with E-state index in [9.17, 15) is 63.5 Å². The van der Waals surface area contributed by atoms with E-state index >= 15 is 0 Å². The molecule has 29 heteroatoms. The number of halogens is 3. The molecule has 0 unspecified atom stereocenters.